The fraction of sp³-hybridized carbons (Fsp3) is 0.182. The Morgan fingerprint density at radius 2 is 1.74 bits per heavy atom. The van der Waals surface area contributed by atoms with Gasteiger partial charge in [0.25, 0.3) is 5.91 Å². The van der Waals surface area contributed by atoms with Crippen molar-refractivity contribution in [3.63, 3.8) is 0 Å². The first-order chi connectivity index (χ1) is 13.0. The summed E-state index contributed by atoms with van der Waals surface area (Å²) in [5.41, 5.74) is 1.34. The fourth-order valence-electron chi connectivity index (χ4n) is 2.65. The number of amides is 1. The maximum atomic E-state index is 13.2. The zero-order valence-corrected chi connectivity index (χ0v) is 15.3. The Hall–Kier alpha value is -3.21. The topological polar surface area (TPSA) is 42.4 Å². The van der Waals surface area contributed by atoms with Crippen LogP contribution in [0.2, 0.25) is 0 Å². The number of hydrogen-bond donors (Lipinski definition) is 0. The molecule has 1 aromatic heterocycles. The van der Waals surface area contributed by atoms with E-state index in [1.807, 2.05) is 19.9 Å². The molecule has 0 spiro atoms. The predicted molar refractivity (Wildman–Crippen MR) is 103 cm³/mol. The zero-order valence-electron chi connectivity index (χ0n) is 15.3. The van der Waals surface area contributed by atoms with E-state index in [0.29, 0.717) is 23.7 Å². The average molecular weight is 364 g/mol. The molecule has 0 atom stereocenters. The van der Waals surface area contributed by atoms with E-state index in [1.54, 1.807) is 59.6 Å². The summed E-state index contributed by atoms with van der Waals surface area (Å²) in [7, 11) is 0. The molecule has 0 N–H and O–H groups in total. The summed E-state index contributed by atoms with van der Waals surface area (Å²) in [6, 6.07) is 18.5. The largest absolute Gasteiger partial charge is 0.491 e. The van der Waals surface area contributed by atoms with E-state index in [-0.39, 0.29) is 17.8 Å². The van der Waals surface area contributed by atoms with Crippen LogP contribution in [0.3, 0.4) is 0 Å². The van der Waals surface area contributed by atoms with E-state index in [1.165, 1.54) is 12.1 Å². The second kappa shape index (κ2) is 8.45. The summed E-state index contributed by atoms with van der Waals surface area (Å²) in [6.45, 7) is 4.19. The molecule has 0 aliphatic heterocycles. The number of aromatic nitrogens is 1. The van der Waals surface area contributed by atoms with Gasteiger partial charge in [-0.3, -0.25) is 9.69 Å². The molecule has 27 heavy (non-hydrogen) atoms. The minimum absolute atomic E-state index is 0.0649. The summed E-state index contributed by atoms with van der Waals surface area (Å²) >= 11 is 0. The van der Waals surface area contributed by atoms with Crippen LogP contribution in [0.1, 0.15) is 29.8 Å². The van der Waals surface area contributed by atoms with Crippen LogP contribution in [0.15, 0.2) is 72.9 Å². The van der Waals surface area contributed by atoms with Gasteiger partial charge in [-0.2, -0.15) is 0 Å². The number of benzene rings is 2. The number of carbonyl (C=O) groups is 1. The van der Waals surface area contributed by atoms with Crippen LogP contribution in [0, 0.1) is 5.82 Å². The van der Waals surface area contributed by atoms with Crippen LogP contribution in [0.5, 0.6) is 5.75 Å². The van der Waals surface area contributed by atoms with Crippen LogP contribution < -0.4 is 9.64 Å². The standard InChI is InChI=1S/C22H21FN2O2/c1-16(2)27-20-12-8-18(9-13-20)22(26)25(21-5-3-4-14-24-21)15-17-6-10-19(23)11-7-17/h3-14,16H,15H2,1-2H3. The normalized spacial score (nSPS) is 10.7. The van der Waals surface area contributed by atoms with Crippen LogP contribution >= 0.6 is 0 Å². The number of pyridine rings is 1. The fourth-order valence-corrected chi connectivity index (χ4v) is 2.65. The molecule has 0 aliphatic rings. The number of halogens is 1. The van der Waals surface area contributed by atoms with Gasteiger partial charge in [0.15, 0.2) is 0 Å². The van der Waals surface area contributed by atoms with Crippen LogP contribution in [-0.4, -0.2) is 17.0 Å². The van der Waals surface area contributed by atoms with Gasteiger partial charge in [0.2, 0.25) is 0 Å². The van der Waals surface area contributed by atoms with Crippen LogP contribution in [0.25, 0.3) is 0 Å². The third-order valence-corrected chi connectivity index (χ3v) is 3.90. The maximum absolute atomic E-state index is 13.2. The lowest BCUT2D eigenvalue weighted by Crippen LogP contribution is -2.31. The van der Waals surface area contributed by atoms with Crippen molar-refractivity contribution >= 4 is 11.7 Å². The smallest absolute Gasteiger partial charge is 0.259 e. The molecular weight excluding hydrogens is 343 g/mol. The Bertz CT molecular complexity index is 878. The first-order valence-corrected chi connectivity index (χ1v) is 8.77. The van der Waals surface area contributed by atoms with E-state index in [2.05, 4.69) is 4.98 Å². The molecule has 3 aromatic rings. The number of rotatable bonds is 6. The van der Waals surface area contributed by atoms with Crippen molar-refractivity contribution < 1.29 is 13.9 Å². The number of hydrogen-bond acceptors (Lipinski definition) is 3. The SMILES string of the molecule is CC(C)Oc1ccc(C(=O)N(Cc2ccc(F)cc2)c2ccccn2)cc1. The lowest BCUT2D eigenvalue weighted by Gasteiger charge is -2.22. The van der Waals surface area contributed by atoms with Gasteiger partial charge in [0.1, 0.15) is 17.4 Å². The van der Waals surface area contributed by atoms with Gasteiger partial charge in [-0.15, -0.1) is 0 Å². The highest BCUT2D eigenvalue weighted by Gasteiger charge is 2.19. The Labute approximate surface area is 158 Å². The van der Waals surface area contributed by atoms with Crippen molar-refractivity contribution in [1.29, 1.82) is 0 Å². The molecule has 0 saturated carbocycles. The van der Waals surface area contributed by atoms with Gasteiger partial charge < -0.3 is 4.74 Å². The summed E-state index contributed by atoms with van der Waals surface area (Å²) in [5.74, 6) is 0.753. The minimum Gasteiger partial charge on any atom is -0.491 e. The molecule has 0 aliphatic carbocycles. The third kappa shape index (κ3) is 4.91. The Kier molecular flexibility index (Phi) is 5.81. The van der Waals surface area contributed by atoms with Gasteiger partial charge in [0, 0.05) is 11.8 Å². The Morgan fingerprint density at radius 1 is 1.04 bits per heavy atom. The van der Waals surface area contributed by atoms with E-state index in [0.717, 1.165) is 5.56 Å². The van der Waals surface area contributed by atoms with Gasteiger partial charge >= 0.3 is 0 Å². The van der Waals surface area contributed by atoms with Gasteiger partial charge in [0.05, 0.1) is 12.6 Å². The highest BCUT2D eigenvalue weighted by atomic mass is 19.1. The van der Waals surface area contributed by atoms with Crippen molar-refractivity contribution in [2.45, 2.75) is 26.5 Å². The Morgan fingerprint density at radius 3 is 2.33 bits per heavy atom. The first-order valence-electron chi connectivity index (χ1n) is 8.77. The van der Waals surface area contributed by atoms with E-state index in [9.17, 15) is 9.18 Å². The second-order valence-corrected chi connectivity index (χ2v) is 6.40. The van der Waals surface area contributed by atoms with E-state index >= 15 is 0 Å². The molecule has 1 heterocycles. The van der Waals surface area contributed by atoms with Gasteiger partial charge in [-0.05, 0) is 67.9 Å². The maximum Gasteiger partial charge on any atom is 0.259 e. The van der Waals surface area contributed by atoms with Crippen molar-refractivity contribution in [2.24, 2.45) is 0 Å². The molecule has 0 bridgehead atoms. The lowest BCUT2D eigenvalue weighted by atomic mass is 10.1. The van der Waals surface area contributed by atoms with Crippen LogP contribution in [-0.2, 0) is 6.54 Å². The lowest BCUT2D eigenvalue weighted by molar-refractivity contribution is 0.0984. The molecule has 0 fully saturated rings. The monoisotopic (exact) mass is 364 g/mol. The molecule has 2 aromatic carbocycles. The number of nitrogens with zero attached hydrogens (tertiary/aromatic N) is 2. The van der Waals surface area contributed by atoms with E-state index < -0.39 is 0 Å². The number of ether oxygens (including phenoxy) is 1. The summed E-state index contributed by atoms with van der Waals surface area (Å²) in [4.78, 5) is 19.0. The second-order valence-electron chi connectivity index (χ2n) is 6.40. The number of carbonyl (C=O) groups excluding carboxylic acids is 1. The Balaban J connectivity index is 1.87. The highest BCUT2D eigenvalue weighted by Crippen LogP contribution is 2.20. The predicted octanol–water partition coefficient (Wildman–Crippen LogP) is 4.85. The van der Waals surface area contributed by atoms with Crippen molar-refractivity contribution in [3.8, 4) is 5.75 Å². The molecule has 0 radical (unpaired) electrons. The molecule has 4 nitrogen and oxygen atoms in total. The summed E-state index contributed by atoms with van der Waals surface area (Å²) < 4.78 is 18.8. The molecule has 0 unspecified atom stereocenters. The molecular formula is C22H21FN2O2. The van der Waals surface area contributed by atoms with Gasteiger partial charge in [-0.25, -0.2) is 9.37 Å². The third-order valence-electron chi connectivity index (χ3n) is 3.90. The molecule has 5 heteroatoms. The molecule has 3 rings (SSSR count). The zero-order chi connectivity index (χ0) is 19.2. The number of anilines is 1. The minimum atomic E-state index is -0.310. The van der Waals surface area contributed by atoms with E-state index in [4.69, 9.17) is 4.74 Å². The highest BCUT2D eigenvalue weighted by molar-refractivity contribution is 6.05. The van der Waals surface area contributed by atoms with Crippen LogP contribution in [0.4, 0.5) is 10.2 Å². The van der Waals surface area contributed by atoms with Crippen molar-refractivity contribution in [1.82, 2.24) is 4.98 Å². The van der Waals surface area contributed by atoms with Crippen molar-refractivity contribution in [2.75, 3.05) is 4.90 Å². The molecule has 0 saturated heterocycles. The quantitative estimate of drug-likeness (QED) is 0.628. The first kappa shape index (κ1) is 18.6. The van der Waals surface area contributed by atoms with Gasteiger partial charge in [-0.1, -0.05) is 18.2 Å². The molecule has 1 amide bonds. The average Bonchev–Trinajstić information content (AvgIpc) is 2.68. The summed E-state index contributed by atoms with van der Waals surface area (Å²) in [6.07, 6.45) is 1.70. The molecule has 138 valence electrons. The van der Waals surface area contributed by atoms with Crippen molar-refractivity contribution in [3.05, 3.63) is 89.9 Å². The summed E-state index contributed by atoms with van der Waals surface area (Å²) in [5, 5.41) is 0.